The molecule has 1 heterocycles. The lowest BCUT2D eigenvalue weighted by Gasteiger charge is -2.19. The van der Waals surface area contributed by atoms with E-state index in [0.717, 1.165) is 36.3 Å². The largest absolute Gasteiger partial charge is 0.417 e. The minimum absolute atomic E-state index is 0.271. The van der Waals surface area contributed by atoms with Crippen molar-refractivity contribution in [3.63, 3.8) is 0 Å². The lowest BCUT2D eigenvalue weighted by atomic mass is 9.79. The molecule has 1 aliphatic rings. The molecule has 24 heavy (non-hydrogen) atoms. The van der Waals surface area contributed by atoms with Gasteiger partial charge in [-0.25, -0.2) is 0 Å². The highest BCUT2D eigenvalue weighted by Gasteiger charge is 2.46. The van der Waals surface area contributed by atoms with Gasteiger partial charge in [0.1, 0.15) is 6.54 Å². The molecule has 0 N–H and O–H groups in total. The summed E-state index contributed by atoms with van der Waals surface area (Å²) >= 11 is 0. The third kappa shape index (κ3) is 2.43. The maximum Gasteiger partial charge on any atom is 0.417 e. The summed E-state index contributed by atoms with van der Waals surface area (Å²) in [5.74, 6) is 0. The summed E-state index contributed by atoms with van der Waals surface area (Å²) in [4.78, 5) is 0. The van der Waals surface area contributed by atoms with Crippen molar-refractivity contribution >= 4 is 22.2 Å². The van der Waals surface area contributed by atoms with Gasteiger partial charge in [-0.1, -0.05) is 37.6 Å². The Bertz CT molecular complexity index is 829. The van der Waals surface area contributed by atoms with E-state index in [0.29, 0.717) is 10.8 Å². The van der Waals surface area contributed by atoms with Crippen LogP contribution in [0.3, 0.4) is 0 Å². The molecule has 0 bridgehead atoms. The molecule has 2 aromatic carbocycles. The lowest BCUT2D eigenvalue weighted by molar-refractivity contribution is -0.439. The Morgan fingerprint density at radius 3 is 2.29 bits per heavy atom. The third-order valence-corrected chi connectivity index (χ3v) is 5.29. The van der Waals surface area contributed by atoms with Crippen LogP contribution in [0.5, 0.6) is 0 Å². The fourth-order valence-electron chi connectivity index (χ4n) is 3.77. The first kappa shape index (κ1) is 17.0. The SMILES string of the molecule is CCCC[N+]1=C(C)C(C)(C)c2c1cc(C(F)(F)F)c1ccccc21. The van der Waals surface area contributed by atoms with Crippen LogP contribution >= 0.6 is 0 Å². The van der Waals surface area contributed by atoms with Gasteiger partial charge in [0.05, 0.1) is 11.0 Å². The molecule has 1 aliphatic heterocycles. The third-order valence-electron chi connectivity index (χ3n) is 5.29. The maximum atomic E-state index is 13.6. The maximum absolute atomic E-state index is 13.6. The van der Waals surface area contributed by atoms with E-state index in [-0.39, 0.29) is 5.41 Å². The molecule has 0 spiro atoms. The van der Waals surface area contributed by atoms with Crippen molar-refractivity contribution in [2.24, 2.45) is 0 Å². The topological polar surface area (TPSA) is 3.01 Å². The second-order valence-corrected chi connectivity index (χ2v) is 7.08. The minimum Gasteiger partial charge on any atom is -0.199 e. The number of hydrogen-bond acceptors (Lipinski definition) is 0. The number of halogens is 3. The molecule has 0 saturated carbocycles. The number of unbranched alkanes of at least 4 members (excludes halogenated alkanes) is 1. The molecule has 1 nitrogen and oxygen atoms in total. The Labute approximate surface area is 140 Å². The fraction of sp³-hybridized carbons (Fsp3) is 0.450. The molecule has 0 aliphatic carbocycles. The average molecular weight is 334 g/mol. The Hall–Kier alpha value is -1.84. The fourth-order valence-corrected chi connectivity index (χ4v) is 3.77. The molecule has 0 amide bonds. The van der Waals surface area contributed by atoms with Gasteiger partial charge in [0.25, 0.3) is 0 Å². The highest BCUT2D eigenvalue weighted by atomic mass is 19.4. The Morgan fingerprint density at radius 1 is 1.08 bits per heavy atom. The molecule has 0 fully saturated rings. The molecule has 2 aromatic rings. The van der Waals surface area contributed by atoms with Crippen LogP contribution < -0.4 is 0 Å². The normalized spacial score (nSPS) is 16.8. The molecule has 0 radical (unpaired) electrons. The second-order valence-electron chi connectivity index (χ2n) is 7.08. The molecule has 0 saturated heterocycles. The van der Waals surface area contributed by atoms with Gasteiger partial charge in [-0.05, 0) is 24.6 Å². The van der Waals surface area contributed by atoms with Crippen LogP contribution in [0.25, 0.3) is 10.8 Å². The summed E-state index contributed by atoms with van der Waals surface area (Å²) in [6, 6.07) is 8.26. The Morgan fingerprint density at radius 2 is 1.71 bits per heavy atom. The van der Waals surface area contributed by atoms with Crippen molar-refractivity contribution in [1.29, 1.82) is 0 Å². The summed E-state index contributed by atoms with van der Waals surface area (Å²) in [7, 11) is 0. The monoisotopic (exact) mass is 334 g/mol. The first-order valence-electron chi connectivity index (χ1n) is 8.44. The van der Waals surface area contributed by atoms with Crippen LogP contribution in [0.2, 0.25) is 0 Å². The minimum atomic E-state index is -4.36. The highest BCUT2D eigenvalue weighted by molar-refractivity contribution is 6.02. The molecule has 3 rings (SSSR count). The van der Waals surface area contributed by atoms with Gasteiger partial charge in [0, 0.05) is 25.0 Å². The van der Waals surface area contributed by atoms with Crippen LogP contribution in [0.15, 0.2) is 30.3 Å². The average Bonchev–Trinajstić information content (AvgIpc) is 2.71. The standard InChI is InChI=1S/C20H23F3N/c1-5-6-11-24-13(2)19(3,4)18-15-10-8-7-9-14(15)16(12-17(18)24)20(21,22)23/h7-10,12H,5-6,11H2,1-4H3/q+1. The van der Waals surface area contributed by atoms with Gasteiger partial charge in [0.2, 0.25) is 5.69 Å². The quantitative estimate of drug-likeness (QED) is 0.601. The van der Waals surface area contributed by atoms with Crippen molar-refractivity contribution in [3.05, 3.63) is 41.5 Å². The Kier molecular flexibility index (Phi) is 3.97. The zero-order valence-corrected chi connectivity index (χ0v) is 14.6. The number of nitrogens with zero attached hydrogens (tertiary/aromatic N) is 1. The number of hydrogen-bond donors (Lipinski definition) is 0. The van der Waals surface area contributed by atoms with Gasteiger partial charge >= 0.3 is 6.18 Å². The van der Waals surface area contributed by atoms with Crippen LogP contribution in [0.4, 0.5) is 18.9 Å². The van der Waals surface area contributed by atoms with E-state index in [2.05, 4.69) is 25.3 Å². The van der Waals surface area contributed by atoms with Crippen molar-refractivity contribution in [2.45, 2.75) is 52.1 Å². The van der Waals surface area contributed by atoms with Crippen molar-refractivity contribution in [2.75, 3.05) is 6.54 Å². The summed E-state index contributed by atoms with van der Waals surface area (Å²) < 4.78 is 43.0. The van der Waals surface area contributed by atoms with E-state index in [1.165, 1.54) is 6.07 Å². The van der Waals surface area contributed by atoms with Crippen LogP contribution in [0.1, 0.15) is 51.7 Å². The molecular formula is C20H23F3N+. The number of alkyl halides is 3. The van der Waals surface area contributed by atoms with Gasteiger partial charge in [-0.3, -0.25) is 0 Å². The van der Waals surface area contributed by atoms with Gasteiger partial charge in [-0.15, -0.1) is 0 Å². The van der Waals surface area contributed by atoms with Crippen molar-refractivity contribution in [3.8, 4) is 0 Å². The van der Waals surface area contributed by atoms with Crippen molar-refractivity contribution in [1.82, 2.24) is 0 Å². The van der Waals surface area contributed by atoms with Gasteiger partial charge in [-0.2, -0.15) is 17.7 Å². The predicted molar refractivity (Wildman–Crippen MR) is 92.4 cm³/mol. The van der Waals surface area contributed by atoms with E-state index in [9.17, 15) is 13.2 Å². The summed E-state index contributed by atoms with van der Waals surface area (Å²) in [6.07, 6.45) is -2.38. The molecule has 0 unspecified atom stereocenters. The van der Waals surface area contributed by atoms with Crippen LogP contribution in [0, 0.1) is 0 Å². The highest BCUT2D eigenvalue weighted by Crippen LogP contribution is 2.48. The molecule has 128 valence electrons. The first-order chi connectivity index (χ1) is 11.2. The molecular weight excluding hydrogens is 311 g/mol. The predicted octanol–water partition coefficient (Wildman–Crippen LogP) is 6.05. The van der Waals surface area contributed by atoms with Crippen LogP contribution in [-0.4, -0.2) is 16.8 Å². The smallest absolute Gasteiger partial charge is 0.199 e. The van der Waals surface area contributed by atoms with E-state index in [1.54, 1.807) is 12.1 Å². The molecule has 0 aromatic heterocycles. The zero-order valence-electron chi connectivity index (χ0n) is 14.6. The number of rotatable bonds is 3. The number of fused-ring (bicyclic) bond motifs is 3. The van der Waals surface area contributed by atoms with E-state index < -0.39 is 11.7 Å². The van der Waals surface area contributed by atoms with Gasteiger partial charge < -0.3 is 0 Å². The Balaban J connectivity index is 2.38. The lowest BCUT2D eigenvalue weighted by Crippen LogP contribution is -2.26. The summed E-state index contributed by atoms with van der Waals surface area (Å²) in [5.41, 5.74) is 2.04. The van der Waals surface area contributed by atoms with E-state index in [1.807, 2.05) is 19.1 Å². The van der Waals surface area contributed by atoms with Gasteiger partial charge in [0.15, 0.2) is 5.71 Å². The van der Waals surface area contributed by atoms with E-state index >= 15 is 0 Å². The zero-order chi connectivity index (χ0) is 17.7. The molecule has 4 heteroatoms. The van der Waals surface area contributed by atoms with E-state index in [4.69, 9.17) is 0 Å². The first-order valence-corrected chi connectivity index (χ1v) is 8.44. The number of benzene rings is 2. The second kappa shape index (κ2) is 5.61. The van der Waals surface area contributed by atoms with Crippen LogP contribution in [-0.2, 0) is 11.6 Å². The summed E-state index contributed by atoms with van der Waals surface area (Å²) in [5, 5.41) is 1.01. The van der Waals surface area contributed by atoms with Crippen molar-refractivity contribution < 1.29 is 17.7 Å². The summed E-state index contributed by atoms with van der Waals surface area (Å²) in [6.45, 7) is 9.10. The molecule has 0 atom stereocenters.